The number of benzene rings is 1. The number of fused-ring (bicyclic) bond motifs is 2. The summed E-state index contributed by atoms with van der Waals surface area (Å²) in [5, 5.41) is 0.642. The maximum atomic E-state index is 5.77. The molecule has 0 fully saturated rings. The summed E-state index contributed by atoms with van der Waals surface area (Å²) < 4.78 is 3.51. The van der Waals surface area contributed by atoms with Gasteiger partial charge >= 0.3 is 0 Å². The van der Waals surface area contributed by atoms with Crippen LogP contribution in [0.25, 0.3) is 10.2 Å². The first kappa shape index (κ1) is 13.8. The molecule has 3 heterocycles. The predicted octanol–water partition coefficient (Wildman–Crippen LogP) is 3.44. The first-order valence-electron chi connectivity index (χ1n) is 7.87. The second-order valence-corrected chi connectivity index (χ2v) is 7.36. The highest BCUT2D eigenvalue weighted by molar-refractivity contribution is 7.22. The Hall–Kier alpha value is -1.88. The molecular formula is C17H20N4S. The summed E-state index contributed by atoms with van der Waals surface area (Å²) in [6.07, 6.45) is 6.64. The molecule has 0 spiro atoms. The van der Waals surface area contributed by atoms with E-state index in [4.69, 9.17) is 10.7 Å². The van der Waals surface area contributed by atoms with Crippen LogP contribution in [-0.2, 0) is 25.8 Å². The van der Waals surface area contributed by atoms with Gasteiger partial charge in [-0.15, -0.1) is 0 Å². The minimum atomic E-state index is 0.642. The molecule has 0 saturated carbocycles. The Balaban J connectivity index is 1.49. The number of hydrogen-bond donors (Lipinski definition) is 1. The predicted molar refractivity (Wildman–Crippen MR) is 91.2 cm³/mol. The van der Waals surface area contributed by atoms with Crippen LogP contribution in [-0.4, -0.2) is 14.5 Å². The van der Waals surface area contributed by atoms with Gasteiger partial charge in [0.15, 0.2) is 5.13 Å². The Kier molecular flexibility index (Phi) is 3.37. The van der Waals surface area contributed by atoms with Gasteiger partial charge in [0.2, 0.25) is 0 Å². The van der Waals surface area contributed by atoms with Crippen molar-refractivity contribution >= 4 is 26.7 Å². The Morgan fingerprint density at radius 1 is 1.32 bits per heavy atom. The fourth-order valence-electron chi connectivity index (χ4n) is 3.18. The van der Waals surface area contributed by atoms with Gasteiger partial charge in [-0.3, -0.25) is 0 Å². The van der Waals surface area contributed by atoms with E-state index in [1.807, 2.05) is 0 Å². The van der Waals surface area contributed by atoms with E-state index in [1.54, 1.807) is 11.3 Å². The van der Waals surface area contributed by atoms with Gasteiger partial charge in [-0.2, -0.15) is 0 Å². The number of aryl methyl sites for hydroxylation is 3. The van der Waals surface area contributed by atoms with E-state index in [1.165, 1.54) is 28.2 Å². The third-order valence-corrected chi connectivity index (χ3v) is 5.29. The average molecular weight is 312 g/mol. The Labute approximate surface area is 134 Å². The quantitative estimate of drug-likeness (QED) is 0.806. The third kappa shape index (κ3) is 2.61. The molecule has 1 unspecified atom stereocenters. The monoisotopic (exact) mass is 312 g/mol. The molecule has 0 amide bonds. The molecule has 0 aliphatic carbocycles. The van der Waals surface area contributed by atoms with Gasteiger partial charge in [0.05, 0.1) is 15.9 Å². The normalized spacial score (nSPS) is 17.8. The lowest BCUT2D eigenvalue weighted by molar-refractivity contribution is 0.409. The summed E-state index contributed by atoms with van der Waals surface area (Å²) in [4.78, 5) is 9.12. The van der Waals surface area contributed by atoms with Gasteiger partial charge in [-0.25, -0.2) is 9.97 Å². The molecule has 114 valence electrons. The standard InChI is InChI=1S/C17H20N4S/c1-11-6-7-21-10-13(19-16(21)8-11)4-2-12-3-5-14-15(9-12)22-17(18)20-14/h3,5,9-11H,2,4,6-8H2,1H3,(H2,18,20). The number of imidazole rings is 1. The molecule has 1 aliphatic heterocycles. The van der Waals surface area contributed by atoms with Crippen molar-refractivity contribution in [1.29, 1.82) is 0 Å². The van der Waals surface area contributed by atoms with Crippen molar-refractivity contribution in [2.45, 2.75) is 39.2 Å². The lowest BCUT2D eigenvalue weighted by atomic mass is 10.0. The minimum Gasteiger partial charge on any atom is -0.375 e. The van der Waals surface area contributed by atoms with E-state index < -0.39 is 0 Å². The van der Waals surface area contributed by atoms with Crippen molar-refractivity contribution in [1.82, 2.24) is 14.5 Å². The van der Waals surface area contributed by atoms with Gasteiger partial charge < -0.3 is 10.3 Å². The second kappa shape index (κ2) is 5.39. The van der Waals surface area contributed by atoms with E-state index in [9.17, 15) is 0 Å². The zero-order valence-electron chi connectivity index (χ0n) is 12.7. The molecule has 4 rings (SSSR count). The number of rotatable bonds is 3. The molecule has 3 aromatic rings. The van der Waals surface area contributed by atoms with Crippen LogP contribution >= 0.6 is 11.3 Å². The molecule has 2 N–H and O–H groups in total. The van der Waals surface area contributed by atoms with Crippen molar-refractivity contribution in [3.63, 3.8) is 0 Å². The largest absolute Gasteiger partial charge is 0.375 e. The zero-order valence-corrected chi connectivity index (χ0v) is 13.6. The smallest absolute Gasteiger partial charge is 0.181 e. The summed E-state index contributed by atoms with van der Waals surface area (Å²) in [6.45, 7) is 3.43. The van der Waals surface area contributed by atoms with Gasteiger partial charge in [0.25, 0.3) is 0 Å². The van der Waals surface area contributed by atoms with E-state index in [0.29, 0.717) is 5.13 Å². The number of hydrogen-bond acceptors (Lipinski definition) is 4. The highest BCUT2D eigenvalue weighted by atomic mass is 32.1. The van der Waals surface area contributed by atoms with Crippen LogP contribution in [0.1, 0.15) is 30.4 Å². The molecule has 5 heteroatoms. The Morgan fingerprint density at radius 3 is 3.14 bits per heavy atom. The van der Waals surface area contributed by atoms with Gasteiger partial charge in [-0.05, 0) is 42.9 Å². The molecule has 22 heavy (non-hydrogen) atoms. The van der Waals surface area contributed by atoms with Gasteiger partial charge in [-0.1, -0.05) is 24.3 Å². The van der Waals surface area contributed by atoms with Crippen LogP contribution < -0.4 is 5.73 Å². The molecule has 0 radical (unpaired) electrons. The van der Waals surface area contributed by atoms with Crippen LogP contribution in [0.3, 0.4) is 0 Å². The van der Waals surface area contributed by atoms with Gasteiger partial charge in [0, 0.05) is 19.2 Å². The molecule has 0 saturated heterocycles. The zero-order chi connectivity index (χ0) is 15.1. The number of thiazole rings is 1. The highest BCUT2D eigenvalue weighted by Gasteiger charge is 2.17. The van der Waals surface area contributed by atoms with Crippen molar-refractivity contribution in [3.8, 4) is 0 Å². The third-order valence-electron chi connectivity index (χ3n) is 4.44. The Bertz CT molecular complexity index is 817. The summed E-state index contributed by atoms with van der Waals surface area (Å²) >= 11 is 1.56. The molecule has 4 nitrogen and oxygen atoms in total. The lowest BCUT2D eigenvalue weighted by Crippen LogP contribution is -2.16. The van der Waals surface area contributed by atoms with Crippen molar-refractivity contribution in [2.24, 2.45) is 5.92 Å². The maximum Gasteiger partial charge on any atom is 0.181 e. The fraction of sp³-hybridized carbons (Fsp3) is 0.412. The molecule has 2 aromatic heterocycles. The number of anilines is 1. The fourth-order valence-corrected chi connectivity index (χ4v) is 3.98. The van der Waals surface area contributed by atoms with Crippen molar-refractivity contribution in [3.05, 3.63) is 41.5 Å². The summed E-state index contributed by atoms with van der Waals surface area (Å²) in [5.74, 6) is 2.03. The first-order valence-corrected chi connectivity index (χ1v) is 8.69. The van der Waals surface area contributed by atoms with Crippen molar-refractivity contribution < 1.29 is 0 Å². The van der Waals surface area contributed by atoms with Crippen LogP contribution in [0.2, 0.25) is 0 Å². The number of nitrogens with two attached hydrogens (primary N) is 1. The summed E-state index contributed by atoms with van der Waals surface area (Å²) in [5.41, 5.74) is 9.31. The Morgan fingerprint density at radius 2 is 2.23 bits per heavy atom. The van der Waals surface area contributed by atoms with Crippen LogP contribution in [0.15, 0.2) is 24.4 Å². The molecule has 1 atom stereocenters. The lowest BCUT2D eigenvalue weighted by Gasteiger charge is -2.18. The summed E-state index contributed by atoms with van der Waals surface area (Å²) in [7, 11) is 0. The molecule has 0 bridgehead atoms. The van der Waals surface area contributed by atoms with E-state index in [2.05, 4.69) is 40.9 Å². The van der Waals surface area contributed by atoms with Gasteiger partial charge in [0.1, 0.15) is 5.82 Å². The number of nitrogens with zero attached hydrogens (tertiary/aromatic N) is 3. The molecule has 1 aromatic carbocycles. The highest BCUT2D eigenvalue weighted by Crippen LogP contribution is 2.25. The second-order valence-electron chi connectivity index (χ2n) is 6.29. The summed E-state index contributed by atoms with van der Waals surface area (Å²) in [6, 6.07) is 6.43. The molecule has 1 aliphatic rings. The maximum absolute atomic E-state index is 5.77. The van der Waals surface area contributed by atoms with E-state index >= 15 is 0 Å². The topological polar surface area (TPSA) is 56.7 Å². The van der Waals surface area contributed by atoms with Crippen molar-refractivity contribution in [2.75, 3.05) is 5.73 Å². The van der Waals surface area contributed by atoms with Crippen LogP contribution in [0.5, 0.6) is 0 Å². The SMILES string of the molecule is CC1CCn2cc(CCc3ccc4nc(N)sc4c3)nc2C1. The van der Waals surface area contributed by atoms with E-state index in [-0.39, 0.29) is 0 Å². The molecular weight excluding hydrogens is 292 g/mol. The van der Waals surface area contributed by atoms with Crippen LogP contribution in [0.4, 0.5) is 5.13 Å². The average Bonchev–Trinajstić information content (AvgIpc) is 3.05. The number of nitrogen functional groups attached to an aromatic ring is 1. The van der Waals surface area contributed by atoms with E-state index in [0.717, 1.165) is 37.2 Å². The first-order chi connectivity index (χ1) is 10.7. The number of aromatic nitrogens is 3. The minimum absolute atomic E-state index is 0.642. The van der Waals surface area contributed by atoms with Crippen LogP contribution in [0, 0.1) is 5.92 Å².